The van der Waals surface area contributed by atoms with Crippen LogP contribution < -0.4 is 15.4 Å². The van der Waals surface area contributed by atoms with Crippen molar-refractivity contribution in [1.82, 2.24) is 34.8 Å². The van der Waals surface area contributed by atoms with Crippen LogP contribution in [0.15, 0.2) is 72.0 Å². The van der Waals surface area contributed by atoms with Crippen LogP contribution in [0.25, 0.3) is 11.5 Å². The number of nitrogens with zero attached hydrogens (tertiary/aromatic N) is 5. The van der Waals surface area contributed by atoms with E-state index in [1.54, 1.807) is 62.5 Å². The van der Waals surface area contributed by atoms with Gasteiger partial charge in [-0.1, -0.05) is 24.3 Å². The number of rotatable bonds is 10. The molecule has 0 bridgehead atoms. The Hall–Kier alpha value is -4.16. The lowest BCUT2D eigenvalue weighted by Crippen LogP contribution is -2.32. The summed E-state index contributed by atoms with van der Waals surface area (Å²) in [5.41, 5.74) is 2.33. The summed E-state index contributed by atoms with van der Waals surface area (Å²) in [7, 11) is -1.84. The molecule has 0 atom stereocenters. The first kappa shape index (κ1) is 25.9. The number of amides is 1. The largest absolute Gasteiger partial charge is 0.378 e. The summed E-state index contributed by atoms with van der Waals surface area (Å²) in [5.74, 6) is 0.992. The molecule has 0 saturated heterocycles. The summed E-state index contributed by atoms with van der Waals surface area (Å²) in [6.07, 6.45) is 3.10. The third kappa shape index (κ3) is 6.35. The van der Waals surface area contributed by atoms with Crippen molar-refractivity contribution in [2.24, 2.45) is 7.05 Å². The number of aromatic nitrogens is 5. The minimum Gasteiger partial charge on any atom is -0.378 e. The molecule has 4 aromatic rings. The van der Waals surface area contributed by atoms with Gasteiger partial charge in [0, 0.05) is 37.1 Å². The van der Waals surface area contributed by atoms with E-state index in [0.29, 0.717) is 35.0 Å². The quantitative estimate of drug-likeness (QED) is 0.289. The summed E-state index contributed by atoms with van der Waals surface area (Å²) < 4.78 is 29.8. The Morgan fingerprint density at radius 1 is 1.03 bits per heavy atom. The van der Waals surface area contributed by atoms with E-state index in [1.807, 2.05) is 17.7 Å². The highest BCUT2D eigenvalue weighted by Gasteiger charge is 2.19. The lowest BCUT2D eigenvalue weighted by molar-refractivity contribution is 0.0950. The molecule has 0 spiro atoms. The maximum Gasteiger partial charge on any atom is 0.251 e. The molecule has 0 radical (unpaired) electrons. The molecule has 0 fully saturated rings. The van der Waals surface area contributed by atoms with E-state index in [0.717, 1.165) is 5.69 Å². The van der Waals surface area contributed by atoms with Gasteiger partial charge in [0.05, 0.1) is 11.4 Å². The van der Waals surface area contributed by atoms with Crippen LogP contribution in [0.4, 0.5) is 5.69 Å². The Morgan fingerprint density at radius 2 is 1.84 bits per heavy atom. The molecular weight excluding hydrogens is 492 g/mol. The molecule has 0 aliphatic rings. The van der Waals surface area contributed by atoms with E-state index in [-0.39, 0.29) is 23.4 Å². The standard InChI is InChI=1S/C25H28N8O3S/c1-17(2)32-37(35,36)22-10-5-4-7-19(22)14-28-25(34)18-8-6-9-20(13-18)27-15-23-30-31-24(33(23)3)21-11-12-26-16-29-21/h4-13,16-17,27,32H,14-15H2,1-3H3,(H,28,34). The van der Waals surface area contributed by atoms with Crippen molar-refractivity contribution in [3.05, 3.63) is 84.1 Å². The molecule has 2 aromatic carbocycles. The normalized spacial score (nSPS) is 11.5. The zero-order valence-corrected chi connectivity index (χ0v) is 21.5. The molecule has 2 heterocycles. The second kappa shape index (κ2) is 11.3. The minimum atomic E-state index is -3.69. The Kier molecular flexibility index (Phi) is 7.89. The van der Waals surface area contributed by atoms with E-state index in [9.17, 15) is 13.2 Å². The maximum absolute atomic E-state index is 12.9. The molecule has 0 unspecified atom stereocenters. The first-order chi connectivity index (χ1) is 17.7. The van der Waals surface area contributed by atoms with Crippen LogP contribution in [0, 0.1) is 0 Å². The van der Waals surface area contributed by atoms with Gasteiger partial charge >= 0.3 is 0 Å². The van der Waals surface area contributed by atoms with E-state index >= 15 is 0 Å². The number of hydrogen-bond donors (Lipinski definition) is 3. The molecule has 0 saturated carbocycles. The second-order valence-corrected chi connectivity index (χ2v) is 10.3. The monoisotopic (exact) mass is 520 g/mol. The predicted molar refractivity (Wildman–Crippen MR) is 139 cm³/mol. The molecule has 0 aliphatic heterocycles. The zero-order chi connectivity index (χ0) is 26.4. The summed E-state index contributed by atoms with van der Waals surface area (Å²) in [6.45, 7) is 3.96. The van der Waals surface area contributed by atoms with Crippen molar-refractivity contribution in [3.63, 3.8) is 0 Å². The molecule has 4 rings (SSSR count). The summed E-state index contributed by atoms with van der Waals surface area (Å²) in [6, 6.07) is 15.2. The van der Waals surface area contributed by atoms with Crippen LogP contribution in [-0.4, -0.2) is 45.1 Å². The van der Waals surface area contributed by atoms with Gasteiger partial charge in [0.2, 0.25) is 10.0 Å². The van der Waals surface area contributed by atoms with E-state index in [1.165, 1.54) is 12.4 Å². The van der Waals surface area contributed by atoms with Crippen molar-refractivity contribution >= 4 is 21.6 Å². The molecule has 3 N–H and O–H groups in total. The van der Waals surface area contributed by atoms with Gasteiger partial charge in [-0.15, -0.1) is 10.2 Å². The van der Waals surface area contributed by atoms with Gasteiger partial charge < -0.3 is 15.2 Å². The SMILES string of the molecule is CC(C)NS(=O)(=O)c1ccccc1CNC(=O)c1cccc(NCc2nnc(-c3ccncn3)n2C)c1. The zero-order valence-electron chi connectivity index (χ0n) is 20.7. The first-order valence-electron chi connectivity index (χ1n) is 11.6. The molecule has 0 aliphatic carbocycles. The van der Waals surface area contributed by atoms with Crippen LogP contribution in [0.3, 0.4) is 0 Å². The van der Waals surface area contributed by atoms with Crippen molar-refractivity contribution in [2.45, 2.75) is 37.9 Å². The Labute approximate surface area is 215 Å². The molecule has 2 aromatic heterocycles. The molecule has 1 amide bonds. The van der Waals surface area contributed by atoms with Crippen LogP contribution in [0.2, 0.25) is 0 Å². The first-order valence-corrected chi connectivity index (χ1v) is 13.1. The average Bonchev–Trinajstić information content (AvgIpc) is 3.26. The molecule has 11 nitrogen and oxygen atoms in total. The Bertz CT molecular complexity index is 1490. The van der Waals surface area contributed by atoms with Gasteiger partial charge in [0.25, 0.3) is 5.91 Å². The van der Waals surface area contributed by atoms with Gasteiger partial charge in [0.1, 0.15) is 12.0 Å². The van der Waals surface area contributed by atoms with Crippen LogP contribution in [0.1, 0.15) is 35.6 Å². The fourth-order valence-corrected chi connectivity index (χ4v) is 5.17. The summed E-state index contributed by atoms with van der Waals surface area (Å²) >= 11 is 0. The molecule has 12 heteroatoms. The van der Waals surface area contributed by atoms with Crippen molar-refractivity contribution in [1.29, 1.82) is 0 Å². The molecule has 37 heavy (non-hydrogen) atoms. The minimum absolute atomic E-state index is 0.0659. The second-order valence-electron chi connectivity index (χ2n) is 8.59. The van der Waals surface area contributed by atoms with Crippen molar-refractivity contribution in [2.75, 3.05) is 5.32 Å². The summed E-state index contributed by atoms with van der Waals surface area (Å²) in [4.78, 5) is 21.1. The molecular formula is C25H28N8O3S. The fourth-order valence-electron chi connectivity index (χ4n) is 3.68. The van der Waals surface area contributed by atoms with E-state index in [2.05, 4.69) is 35.5 Å². The van der Waals surface area contributed by atoms with Gasteiger partial charge in [-0.05, 0) is 49.7 Å². The van der Waals surface area contributed by atoms with Gasteiger partial charge in [-0.2, -0.15) is 0 Å². The van der Waals surface area contributed by atoms with E-state index < -0.39 is 10.0 Å². The van der Waals surface area contributed by atoms with Crippen molar-refractivity contribution in [3.8, 4) is 11.5 Å². The van der Waals surface area contributed by atoms with E-state index in [4.69, 9.17) is 0 Å². The van der Waals surface area contributed by atoms with Crippen LogP contribution in [-0.2, 0) is 30.2 Å². The van der Waals surface area contributed by atoms with Crippen molar-refractivity contribution < 1.29 is 13.2 Å². The topological polar surface area (TPSA) is 144 Å². The number of anilines is 1. The number of hydrogen-bond acceptors (Lipinski definition) is 8. The third-order valence-electron chi connectivity index (χ3n) is 5.44. The number of carbonyl (C=O) groups is 1. The molecule has 192 valence electrons. The fraction of sp³-hybridized carbons (Fsp3) is 0.240. The van der Waals surface area contributed by atoms with Crippen LogP contribution >= 0.6 is 0 Å². The average molecular weight is 521 g/mol. The number of sulfonamides is 1. The van der Waals surface area contributed by atoms with Gasteiger partial charge in [0.15, 0.2) is 11.6 Å². The summed E-state index contributed by atoms with van der Waals surface area (Å²) in [5, 5.41) is 14.5. The third-order valence-corrected chi connectivity index (χ3v) is 7.20. The lowest BCUT2D eigenvalue weighted by Gasteiger charge is -2.14. The lowest BCUT2D eigenvalue weighted by atomic mass is 10.1. The predicted octanol–water partition coefficient (Wildman–Crippen LogP) is 2.50. The number of carbonyl (C=O) groups excluding carboxylic acids is 1. The maximum atomic E-state index is 12.9. The highest BCUT2D eigenvalue weighted by atomic mass is 32.2. The van der Waals surface area contributed by atoms with Gasteiger partial charge in [-0.25, -0.2) is 23.1 Å². The highest BCUT2D eigenvalue weighted by Crippen LogP contribution is 2.18. The van der Waals surface area contributed by atoms with Crippen LogP contribution in [0.5, 0.6) is 0 Å². The Morgan fingerprint density at radius 3 is 2.59 bits per heavy atom. The number of nitrogens with one attached hydrogen (secondary N) is 3. The highest BCUT2D eigenvalue weighted by molar-refractivity contribution is 7.89. The Balaban J connectivity index is 1.41. The number of benzene rings is 2. The smallest absolute Gasteiger partial charge is 0.251 e. The van der Waals surface area contributed by atoms with Gasteiger partial charge in [-0.3, -0.25) is 4.79 Å².